The molecule has 0 saturated carbocycles. The molecule has 2 unspecified atom stereocenters. The highest BCUT2D eigenvalue weighted by atomic mass is 19.1. The van der Waals surface area contributed by atoms with E-state index in [1.807, 2.05) is 0 Å². The summed E-state index contributed by atoms with van der Waals surface area (Å²) in [6, 6.07) is 6.18. The van der Waals surface area contributed by atoms with Crippen molar-refractivity contribution in [1.82, 2.24) is 5.32 Å². The van der Waals surface area contributed by atoms with E-state index in [0.717, 1.165) is 12.1 Å². The predicted octanol–water partition coefficient (Wildman–Crippen LogP) is 4.22. The van der Waals surface area contributed by atoms with Crippen molar-refractivity contribution in [3.63, 3.8) is 0 Å². The minimum Gasteiger partial charge on any atom is -0.508 e. The summed E-state index contributed by atoms with van der Waals surface area (Å²) in [6.07, 6.45) is 0. The van der Waals surface area contributed by atoms with Gasteiger partial charge < -0.3 is 10.4 Å². The van der Waals surface area contributed by atoms with Gasteiger partial charge in [-0.05, 0) is 38.1 Å². The van der Waals surface area contributed by atoms with Crippen molar-refractivity contribution in [3.8, 4) is 5.75 Å². The molecule has 0 aromatic heterocycles. The van der Waals surface area contributed by atoms with Crippen molar-refractivity contribution < 1.29 is 18.3 Å². The van der Waals surface area contributed by atoms with Gasteiger partial charge in [-0.3, -0.25) is 0 Å². The molecule has 2 atom stereocenters. The second-order valence-corrected chi connectivity index (χ2v) is 4.98. The van der Waals surface area contributed by atoms with Crippen LogP contribution in [0.5, 0.6) is 5.75 Å². The van der Waals surface area contributed by atoms with Gasteiger partial charge >= 0.3 is 0 Å². The highest BCUT2D eigenvalue weighted by Crippen LogP contribution is 2.27. The number of nitrogens with one attached hydrogen (secondary N) is 1. The largest absolute Gasteiger partial charge is 0.508 e. The minimum atomic E-state index is -0.648. The molecule has 21 heavy (non-hydrogen) atoms. The fourth-order valence-corrected chi connectivity index (χ4v) is 2.28. The number of benzene rings is 2. The van der Waals surface area contributed by atoms with Crippen LogP contribution in [0.25, 0.3) is 0 Å². The van der Waals surface area contributed by atoms with E-state index in [-0.39, 0.29) is 5.75 Å². The summed E-state index contributed by atoms with van der Waals surface area (Å²) in [5.74, 6) is -1.79. The third-order valence-corrected chi connectivity index (χ3v) is 3.39. The van der Waals surface area contributed by atoms with E-state index in [2.05, 4.69) is 5.32 Å². The Labute approximate surface area is 121 Å². The molecule has 5 heteroatoms. The Bertz CT molecular complexity index is 645. The molecular weight excluding hydrogens is 279 g/mol. The van der Waals surface area contributed by atoms with Crippen molar-refractivity contribution in [3.05, 3.63) is 65.0 Å². The lowest BCUT2D eigenvalue weighted by molar-refractivity contribution is 0.429. The van der Waals surface area contributed by atoms with E-state index < -0.39 is 29.5 Å². The van der Waals surface area contributed by atoms with Gasteiger partial charge in [-0.15, -0.1) is 0 Å². The average molecular weight is 295 g/mol. The molecular formula is C16H16F3NO. The van der Waals surface area contributed by atoms with Gasteiger partial charge in [0, 0.05) is 29.3 Å². The van der Waals surface area contributed by atoms with E-state index in [1.165, 1.54) is 24.3 Å². The third-order valence-electron chi connectivity index (χ3n) is 3.39. The molecule has 0 spiro atoms. The molecule has 0 saturated heterocycles. The molecule has 0 radical (unpaired) electrons. The zero-order valence-corrected chi connectivity index (χ0v) is 11.7. The Kier molecular flexibility index (Phi) is 4.53. The molecule has 2 rings (SSSR count). The smallest absolute Gasteiger partial charge is 0.130 e. The maximum absolute atomic E-state index is 13.7. The number of phenols is 1. The molecule has 2 nitrogen and oxygen atoms in total. The van der Waals surface area contributed by atoms with Crippen LogP contribution in [-0.2, 0) is 0 Å². The molecule has 0 heterocycles. The molecule has 0 aliphatic rings. The van der Waals surface area contributed by atoms with Crippen molar-refractivity contribution in [2.75, 3.05) is 0 Å². The second kappa shape index (κ2) is 6.18. The van der Waals surface area contributed by atoms with Crippen LogP contribution in [0, 0.1) is 17.5 Å². The van der Waals surface area contributed by atoms with E-state index in [1.54, 1.807) is 13.8 Å². The zero-order valence-electron chi connectivity index (χ0n) is 11.7. The number of halogens is 3. The normalized spacial score (nSPS) is 14.0. The monoisotopic (exact) mass is 295 g/mol. The summed E-state index contributed by atoms with van der Waals surface area (Å²) in [5.41, 5.74) is 0.684. The first kappa shape index (κ1) is 15.4. The molecule has 0 fully saturated rings. The topological polar surface area (TPSA) is 32.3 Å². The van der Waals surface area contributed by atoms with Gasteiger partial charge in [0.15, 0.2) is 0 Å². The summed E-state index contributed by atoms with van der Waals surface area (Å²) in [5, 5.41) is 12.8. The Morgan fingerprint density at radius 2 is 1.43 bits per heavy atom. The average Bonchev–Trinajstić information content (AvgIpc) is 2.41. The van der Waals surface area contributed by atoms with Crippen LogP contribution >= 0.6 is 0 Å². The zero-order chi connectivity index (χ0) is 15.6. The lowest BCUT2D eigenvalue weighted by Crippen LogP contribution is -2.23. The Balaban J connectivity index is 2.18. The van der Waals surface area contributed by atoms with Crippen LogP contribution in [0.15, 0.2) is 36.4 Å². The van der Waals surface area contributed by atoms with Gasteiger partial charge in [-0.25, -0.2) is 13.2 Å². The molecule has 2 aromatic rings. The van der Waals surface area contributed by atoms with E-state index in [9.17, 15) is 18.3 Å². The molecule has 2 aromatic carbocycles. The highest BCUT2D eigenvalue weighted by Gasteiger charge is 2.17. The van der Waals surface area contributed by atoms with Crippen molar-refractivity contribution >= 4 is 0 Å². The van der Waals surface area contributed by atoms with Crippen molar-refractivity contribution in [2.24, 2.45) is 0 Å². The fourth-order valence-electron chi connectivity index (χ4n) is 2.28. The van der Waals surface area contributed by atoms with Gasteiger partial charge in [0.2, 0.25) is 0 Å². The SMILES string of the molecule is CC(NC(C)c1ccc(F)cc1F)c1cc(F)ccc1O. The van der Waals surface area contributed by atoms with E-state index in [4.69, 9.17) is 0 Å². The van der Waals surface area contributed by atoms with Crippen LogP contribution in [-0.4, -0.2) is 5.11 Å². The minimum absolute atomic E-state index is 0.0387. The van der Waals surface area contributed by atoms with Crippen LogP contribution in [0.2, 0.25) is 0 Å². The second-order valence-electron chi connectivity index (χ2n) is 4.98. The highest BCUT2D eigenvalue weighted by molar-refractivity contribution is 5.35. The third kappa shape index (κ3) is 3.55. The summed E-state index contributed by atoms with van der Waals surface area (Å²) in [7, 11) is 0. The van der Waals surface area contributed by atoms with Crippen molar-refractivity contribution in [1.29, 1.82) is 0 Å². The molecule has 0 bridgehead atoms. The standard InChI is InChI=1S/C16H16F3NO/c1-9(13-5-3-12(18)8-15(13)19)20-10(2)14-7-11(17)4-6-16(14)21/h3-10,20-21H,1-2H3. The molecule has 0 aliphatic carbocycles. The Hall–Kier alpha value is -2.01. The quantitative estimate of drug-likeness (QED) is 0.885. The van der Waals surface area contributed by atoms with E-state index in [0.29, 0.717) is 11.1 Å². The molecule has 0 amide bonds. The van der Waals surface area contributed by atoms with Gasteiger partial charge in [0.05, 0.1) is 0 Å². The molecule has 2 N–H and O–H groups in total. The first-order valence-corrected chi connectivity index (χ1v) is 6.58. The van der Waals surface area contributed by atoms with E-state index >= 15 is 0 Å². The van der Waals surface area contributed by atoms with Crippen LogP contribution in [0.3, 0.4) is 0 Å². The summed E-state index contributed by atoms with van der Waals surface area (Å²) >= 11 is 0. The number of hydrogen-bond acceptors (Lipinski definition) is 2. The van der Waals surface area contributed by atoms with Gasteiger partial charge in [0.25, 0.3) is 0 Å². The number of hydrogen-bond donors (Lipinski definition) is 2. The lowest BCUT2D eigenvalue weighted by atomic mass is 10.0. The molecule has 0 aliphatic heterocycles. The van der Waals surface area contributed by atoms with Crippen LogP contribution in [0.1, 0.15) is 37.1 Å². The first-order valence-electron chi connectivity index (χ1n) is 6.58. The van der Waals surface area contributed by atoms with Crippen LogP contribution < -0.4 is 5.32 Å². The van der Waals surface area contributed by atoms with Crippen molar-refractivity contribution in [2.45, 2.75) is 25.9 Å². The van der Waals surface area contributed by atoms with Gasteiger partial charge in [-0.2, -0.15) is 0 Å². The Morgan fingerprint density at radius 1 is 0.857 bits per heavy atom. The molecule has 112 valence electrons. The van der Waals surface area contributed by atoms with Crippen LogP contribution in [0.4, 0.5) is 13.2 Å². The fraction of sp³-hybridized carbons (Fsp3) is 0.250. The predicted molar refractivity (Wildman–Crippen MR) is 74.4 cm³/mol. The Morgan fingerprint density at radius 3 is 2.10 bits per heavy atom. The summed E-state index contributed by atoms with van der Waals surface area (Å²) < 4.78 is 39.8. The summed E-state index contributed by atoms with van der Waals surface area (Å²) in [4.78, 5) is 0. The maximum Gasteiger partial charge on any atom is 0.130 e. The van der Waals surface area contributed by atoms with Gasteiger partial charge in [-0.1, -0.05) is 6.07 Å². The number of phenolic OH excluding ortho intramolecular Hbond substituents is 1. The first-order chi connectivity index (χ1) is 9.88. The van der Waals surface area contributed by atoms with Gasteiger partial charge in [0.1, 0.15) is 23.2 Å². The lowest BCUT2D eigenvalue weighted by Gasteiger charge is -2.22. The maximum atomic E-state index is 13.7. The number of aromatic hydroxyl groups is 1. The summed E-state index contributed by atoms with van der Waals surface area (Å²) in [6.45, 7) is 3.44. The number of rotatable bonds is 4.